The van der Waals surface area contributed by atoms with Crippen LogP contribution in [0.25, 0.3) is 33.2 Å². The van der Waals surface area contributed by atoms with E-state index < -0.39 is 17.0 Å². The Labute approximate surface area is 339 Å². The molecule has 8 rings (SSSR count). The van der Waals surface area contributed by atoms with Crippen molar-refractivity contribution in [2.24, 2.45) is 0 Å². The molecule has 0 radical (unpaired) electrons. The third kappa shape index (κ3) is 9.85. The number of hydrogen-bond acceptors (Lipinski definition) is 12. The fourth-order valence-corrected chi connectivity index (χ4v) is 6.48. The van der Waals surface area contributed by atoms with Crippen molar-refractivity contribution in [1.82, 2.24) is 30.0 Å². The van der Waals surface area contributed by atoms with Gasteiger partial charge in [0.2, 0.25) is 0 Å². The fraction of sp³-hybridized carbons (Fsp3) is 0.100. The topological polar surface area (TPSA) is 207 Å². The predicted molar refractivity (Wildman–Crippen MR) is 222 cm³/mol. The standard InChI is InChI=1S/C20H16N4O3.C14H12BrN3O.C6H6BNO4/c1-27-20-10-9-14(13-23-19-8-3-2-7-18(19)21-22-23)11-17(20)15-5-4-6-16(12-15)24(25)26;1-19-14-7-6-10(8-11(14)15)9-18-13-5-3-2-4-12(13)16-17-18;9-7(10)5-2-1-3-6(4-5)8(11)12/h2-12H,13H2,1H3;2-8H,9H2,1H3;1-4,9-10H. The number of halogens is 1. The van der Waals surface area contributed by atoms with Crippen molar-refractivity contribution in [3.05, 3.63) is 169 Å². The van der Waals surface area contributed by atoms with Crippen LogP contribution in [0.15, 0.2) is 138 Å². The van der Waals surface area contributed by atoms with E-state index in [4.69, 9.17) is 19.5 Å². The lowest BCUT2D eigenvalue weighted by atomic mass is 9.80. The minimum Gasteiger partial charge on any atom is -0.496 e. The Bertz CT molecular complexity index is 2710. The zero-order valence-electron chi connectivity index (χ0n) is 31.0. The van der Waals surface area contributed by atoms with Gasteiger partial charge in [0, 0.05) is 29.8 Å². The molecule has 8 aromatic rings. The molecule has 0 saturated heterocycles. The number of hydrogen-bond donors (Lipinski definition) is 2. The molecular weight excluding hydrogens is 811 g/mol. The lowest BCUT2D eigenvalue weighted by Crippen LogP contribution is -2.29. The van der Waals surface area contributed by atoms with Gasteiger partial charge in [-0.15, -0.1) is 10.2 Å². The number of aromatic nitrogens is 6. The molecule has 16 nitrogen and oxygen atoms in total. The SMILES string of the molecule is COc1ccc(Cn2nnc3ccccc32)cc1-c1cccc([N+](=O)[O-])c1.COc1ccc(Cn2nnc3ccccc32)cc1Br.O=[N+]([O-])c1cccc(B(O)O)c1. The van der Waals surface area contributed by atoms with Gasteiger partial charge in [-0.3, -0.25) is 20.2 Å². The Morgan fingerprint density at radius 3 is 1.69 bits per heavy atom. The van der Waals surface area contributed by atoms with Gasteiger partial charge < -0.3 is 19.5 Å². The lowest BCUT2D eigenvalue weighted by molar-refractivity contribution is -0.385. The summed E-state index contributed by atoms with van der Waals surface area (Å²) < 4.78 is 15.3. The van der Waals surface area contributed by atoms with Crippen LogP contribution in [0.1, 0.15) is 11.1 Å². The monoisotopic (exact) mass is 844 g/mol. The van der Waals surface area contributed by atoms with Gasteiger partial charge in [-0.2, -0.15) is 0 Å². The molecule has 0 aliphatic rings. The van der Waals surface area contributed by atoms with Gasteiger partial charge in [-0.25, -0.2) is 9.36 Å². The molecule has 58 heavy (non-hydrogen) atoms. The predicted octanol–water partition coefficient (Wildman–Crippen LogP) is 6.59. The molecular formula is C40H34BBrN8O8. The molecule has 2 aromatic heterocycles. The molecule has 0 amide bonds. The van der Waals surface area contributed by atoms with Crippen LogP contribution in [-0.4, -0.2) is 71.2 Å². The van der Waals surface area contributed by atoms with E-state index in [2.05, 4.69) is 36.6 Å². The molecule has 0 spiro atoms. The van der Waals surface area contributed by atoms with Crippen LogP contribution in [0.5, 0.6) is 11.5 Å². The second kappa shape index (κ2) is 18.7. The molecule has 2 heterocycles. The Balaban J connectivity index is 0.000000159. The number of nitrogens with zero attached hydrogens (tertiary/aromatic N) is 8. The van der Waals surface area contributed by atoms with Crippen molar-refractivity contribution in [2.45, 2.75) is 13.1 Å². The van der Waals surface area contributed by atoms with Gasteiger partial charge in [-0.1, -0.05) is 71.1 Å². The van der Waals surface area contributed by atoms with Crippen molar-refractivity contribution in [1.29, 1.82) is 0 Å². The smallest absolute Gasteiger partial charge is 0.488 e. The molecule has 2 N–H and O–H groups in total. The first-order valence-electron chi connectivity index (χ1n) is 17.5. The van der Waals surface area contributed by atoms with E-state index in [0.717, 1.165) is 60.6 Å². The number of para-hydroxylation sites is 2. The van der Waals surface area contributed by atoms with Crippen molar-refractivity contribution < 1.29 is 29.4 Å². The number of non-ortho nitro benzene ring substituents is 2. The minimum atomic E-state index is -1.66. The number of fused-ring (bicyclic) bond motifs is 2. The van der Waals surface area contributed by atoms with Crippen molar-refractivity contribution in [2.75, 3.05) is 14.2 Å². The van der Waals surface area contributed by atoms with E-state index in [1.54, 1.807) is 26.4 Å². The number of nitro benzene ring substituents is 2. The summed E-state index contributed by atoms with van der Waals surface area (Å²) in [6.45, 7) is 1.22. The molecule has 0 saturated carbocycles. The molecule has 0 unspecified atom stereocenters. The van der Waals surface area contributed by atoms with Gasteiger partial charge in [0.25, 0.3) is 11.4 Å². The molecule has 0 fully saturated rings. The number of rotatable bonds is 10. The zero-order chi connectivity index (χ0) is 41.2. The summed E-state index contributed by atoms with van der Waals surface area (Å²) in [7, 11) is 1.58. The Hall–Kier alpha value is -7.02. The highest BCUT2D eigenvalue weighted by Crippen LogP contribution is 2.33. The largest absolute Gasteiger partial charge is 0.496 e. The van der Waals surface area contributed by atoms with E-state index >= 15 is 0 Å². The van der Waals surface area contributed by atoms with Crippen molar-refractivity contribution >= 4 is 62.0 Å². The van der Waals surface area contributed by atoms with E-state index in [1.165, 1.54) is 24.3 Å². The lowest BCUT2D eigenvalue weighted by Gasteiger charge is -2.11. The summed E-state index contributed by atoms with van der Waals surface area (Å²) in [5.74, 6) is 1.48. The summed E-state index contributed by atoms with van der Waals surface area (Å²) in [5.41, 5.74) is 7.40. The Morgan fingerprint density at radius 1 is 0.638 bits per heavy atom. The fourth-order valence-electron chi connectivity index (χ4n) is 5.89. The third-order valence-electron chi connectivity index (χ3n) is 8.73. The second-order valence-corrected chi connectivity index (χ2v) is 13.4. The number of benzene rings is 6. The van der Waals surface area contributed by atoms with Crippen LogP contribution >= 0.6 is 15.9 Å². The number of nitro groups is 2. The first-order chi connectivity index (χ1) is 28.0. The maximum atomic E-state index is 11.1. The van der Waals surface area contributed by atoms with Crippen LogP contribution in [-0.2, 0) is 13.1 Å². The second-order valence-electron chi connectivity index (χ2n) is 12.5. The van der Waals surface area contributed by atoms with Crippen LogP contribution in [0, 0.1) is 20.2 Å². The molecule has 0 atom stereocenters. The quantitative estimate of drug-likeness (QED) is 0.0850. The zero-order valence-corrected chi connectivity index (χ0v) is 32.6. The van der Waals surface area contributed by atoms with E-state index in [1.807, 2.05) is 100 Å². The molecule has 0 aliphatic heterocycles. The molecule has 6 aromatic carbocycles. The van der Waals surface area contributed by atoms with E-state index in [-0.39, 0.29) is 16.8 Å². The van der Waals surface area contributed by atoms with Gasteiger partial charge in [0.1, 0.15) is 22.5 Å². The highest BCUT2D eigenvalue weighted by molar-refractivity contribution is 9.10. The normalized spacial score (nSPS) is 10.6. The van der Waals surface area contributed by atoms with Gasteiger partial charge >= 0.3 is 7.12 Å². The molecule has 18 heteroatoms. The first-order valence-corrected chi connectivity index (χ1v) is 18.2. The van der Waals surface area contributed by atoms with Gasteiger partial charge in [0.05, 0.1) is 52.7 Å². The van der Waals surface area contributed by atoms with Crippen molar-refractivity contribution in [3.8, 4) is 22.6 Å². The molecule has 0 aliphatic carbocycles. The first kappa shape index (κ1) is 40.6. The van der Waals surface area contributed by atoms with E-state index in [9.17, 15) is 20.2 Å². The van der Waals surface area contributed by atoms with Crippen LogP contribution in [0.3, 0.4) is 0 Å². The summed E-state index contributed by atoms with van der Waals surface area (Å²) in [5, 5.41) is 55.4. The summed E-state index contributed by atoms with van der Waals surface area (Å²) >= 11 is 3.49. The highest BCUT2D eigenvalue weighted by Gasteiger charge is 2.15. The highest BCUT2D eigenvalue weighted by atomic mass is 79.9. The van der Waals surface area contributed by atoms with Gasteiger partial charge in [-0.05, 0) is 86.6 Å². The summed E-state index contributed by atoms with van der Waals surface area (Å²) in [4.78, 5) is 20.3. The maximum absolute atomic E-state index is 11.1. The minimum absolute atomic E-state index is 0.0437. The Morgan fingerprint density at radius 2 is 1.16 bits per heavy atom. The van der Waals surface area contributed by atoms with Crippen LogP contribution in [0.2, 0.25) is 0 Å². The van der Waals surface area contributed by atoms with Crippen LogP contribution < -0.4 is 14.9 Å². The maximum Gasteiger partial charge on any atom is 0.488 e. The molecule has 292 valence electrons. The Kier molecular flexibility index (Phi) is 13.1. The average Bonchev–Trinajstić information content (AvgIpc) is 3.85. The van der Waals surface area contributed by atoms with Crippen LogP contribution in [0.4, 0.5) is 11.4 Å². The number of methoxy groups -OCH3 is 2. The third-order valence-corrected chi connectivity index (χ3v) is 9.35. The van der Waals surface area contributed by atoms with Gasteiger partial charge in [0.15, 0.2) is 0 Å². The summed E-state index contributed by atoms with van der Waals surface area (Å²) in [6, 6.07) is 39.2. The summed E-state index contributed by atoms with van der Waals surface area (Å²) in [6.07, 6.45) is 0. The average molecular weight is 845 g/mol. The molecule has 0 bridgehead atoms. The number of ether oxygens (including phenoxy) is 2. The van der Waals surface area contributed by atoms with Crippen molar-refractivity contribution in [3.63, 3.8) is 0 Å². The van der Waals surface area contributed by atoms with E-state index in [0.29, 0.717) is 18.8 Å².